The van der Waals surface area contributed by atoms with Gasteiger partial charge in [0.15, 0.2) is 0 Å². The molecule has 0 atom stereocenters. The summed E-state index contributed by atoms with van der Waals surface area (Å²) in [5, 5.41) is 8.70. The molecule has 2 N–H and O–H groups in total. The minimum absolute atomic E-state index is 0.0805. The average molecular weight is 424 g/mol. The summed E-state index contributed by atoms with van der Waals surface area (Å²) in [7, 11) is 0. The molecule has 0 unspecified atom stereocenters. The number of carbonyl (C=O) groups excluding carboxylic acids is 2. The molecule has 27 heavy (non-hydrogen) atoms. The molecule has 136 valence electrons. The number of carbonyl (C=O) groups is 2. The third kappa shape index (κ3) is 4.80. The smallest absolute Gasteiger partial charge is 0.271 e. The number of hydrogen-bond donors (Lipinski definition) is 2. The number of nitrogens with zero attached hydrogens (tertiary/aromatic N) is 1. The molecule has 0 spiro atoms. The van der Waals surface area contributed by atoms with Crippen molar-refractivity contribution >= 4 is 49.9 Å². The number of hydrazone groups is 1. The SMILES string of the molecule is CC(CC(=O)Nc1ccccc1Br)=NNC(=O)c1cccc2ccccc12. The van der Waals surface area contributed by atoms with Crippen molar-refractivity contribution in [3.05, 3.63) is 76.8 Å². The predicted octanol–water partition coefficient (Wildman–Crippen LogP) is 4.74. The Morgan fingerprint density at radius 1 is 0.963 bits per heavy atom. The van der Waals surface area contributed by atoms with Gasteiger partial charge in [0.2, 0.25) is 5.91 Å². The first-order valence-corrected chi connectivity index (χ1v) is 9.19. The molecule has 2 amide bonds. The summed E-state index contributed by atoms with van der Waals surface area (Å²) in [6.45, 7) is 1.70. The Bertz CT molecular complexity index is 1030. The van der Waals surface area contributed by atoms with E-state index < -0.39 is 0 Å². The molecular formula is C21H18BrN3O2. The van der Waals surface area contributed by atoms with Crippen molar-refractivity contribution in [2.75, 3.05) is 5.32 Å². The minimum atomic E-state index is -0.308. The fourth-order valence-corrected chi connectivity index (χ4v) is 3.04. The van der Waals surface area contributed by atoms with E-state index in [1.165, 1.54) is 0 Å². The number of nitrogens with one attached hydrogen (secondary N) is 2. The van der Waals surface area contributed by atoms with Crippen LogP contribution in [-0.4, -0.2) is 17.5 Å². The van der Waals surface area contributed by atoms with Crippen molar-refractivity contribution in [1.29, 1.82) is 0 Å². The molecule has 0 aliphatic rings. The first kappa shape index (κ1) is 18.8. The fraction of sp³-hybridized carbons (Fsp3) is 0.0952. The van der Waals surface area contributed by atoms with E-state index in [9.17, 15) is 9.59 Å². The molecular weight excluding hydrogens is 406 g/mol. The summed E-state index contributed by atoms with van der Waals surface area (Å²) < 4.78 is 0.803. The zero-order valence-electron chi connectivity index (χ0n) is 14.7. The Balaban J connectivity index is 1.64. The van der Waals surface area contributed by atoms with Crippen molar-refractivity contribution in [2.45, 2.75) is 13.3 Å². The molecule has 0 saturated carbocycles. The van der Waals surface area contributed by atoms with E-state index in [0.29, 0.717) is 17.0 Å². The van der Waals surface area contributed by atoms with Gasteiger partial charge >= 0.3 is 0 Å². The molecule has 0 aliphatic carbocycles. The number of hydrogen-bond acceptors (Lipinski definition) is 3. The van der Waals surface area contributed by atoms with Gasteiger partial charge in [-0.05, 0) is 51.8 Å². The third-order valence-electron chi connectivity index (χ3n) is 3.95. The van der Waals surface area contributed by atoms with Gasteiger partial charge in [0.05, 0.1) is 12.1 Å². The standard InChI is InChI=1S/C21H18BrN3O2/c1-14(13-20(26)23-19-12-5-4-11-18(19)22)24-25-21(27)17-10-6-8-15-7-2-3-9-16(15)17/h2-12H,13H2,1H3,(H,23,26)(H,25,27). The Kier molecular flexibility index (Phi) is 5.98. The highest BCUT2D eigenvalue weighted by Gasteiger charge is 2.10. The monoisotopic (exact) mass is 423 g/mol. The molecule has 0 heterocycles. The summed E-state index contributed by atoms with van der Waals surface area (Å²) in [6, 6.07) is 20.6. The second-order valence-corrected chi connectivity index (χ2v) is 6.87. The second-order valence-electron chi connectivity index (χ2n) is 6.02. The topological polar surface area (TPSA) is 70.6 Å². The van der Waals surface area contributed by atoms with Crippen LogP contribution in [0.2, 0.25) is 0 Å². The van der Waals surface area contributed by atoms with E-state index in [-0.39, 0.29) is 18.2 Å². The molecule has 0 aromatic heterocycles. The molecule has 3 rings (SSSR count). The van der Waals surface area contributed by atoms with Crippen LogP contribution in [0, 0.1) is 0 Å². The van der Waals surface area contributed by atoms with Gasteiger partial charge < -0.3 is 5.32 Å². The summed E-state index contributed by atoms with van der Waals surface area (Å²) >= 11 is 3.38. The zero-order chi connectivity index (χ0) is 19.2. The average Bonchev–Trinajstić information content (AvgIpc) is 2.67. The first-order valence-electron chi connectivity index (χ1n) is 8.40. The molecule has 0 aliphatic heterocycles. The highest BCUT2D eigenvalue weighted by molar-refractivity contribution is 9.10. The Morgan fingerprint density at radius 3 is 2.48 bits per heavy atom. The van der Waals surface area contributed by atoms with Crippen LogP contribution in [0.25, 0.3) is 10.8 Å². The van der Waals surface area contributed by atoms with E-state index >= 15 is 0 Å². The number of anilines is 1. The van der Waals surface area contributed by atoms with Gasteiger partial charge in [-0.1, -0.05) is 48.5 Å². The fourth-order valence-electron chi connectivity index (χ4n) is 2.66. The maximum atomic E-state index is 12.5. The summed E-state index contributed by atoms with van der Waals surface area (Å²) in [6.07, 6.45) is 0.0805. The van der Waals surface area contributed by atoms with Gasteiger partial charge in [-0.2, -0.15) is 5.10 Å². The number of benzene rings is 3. The number of fused-ring (bicyclic) bond motifs is 1. The lowest BCUT2D eigenvalue weighted by Gasteiger charge is -2.08. The van der Waals surface area contributed by atoms with Crippen LogP contribution in [0.5, 0.6) is 0 Å². The summed E-state index contributed by atoms with van der Waals surface area (Å²) in [4.78, 5) is 24.6. The van der Waals surface area contributed by atoms with Crippen LogP contribution >= 0.6 is 15.9 Å². The quantitative estimate of drug-likeness (QED) is 0.459. The third-order valence-corrected chi connectivity index (χ3v) is 4.64. The van der Waals surface area contributed by atoms with Crippen molar-refractivity contribution in [1.82, 2.24) is 5.43 Å². The molecule has 0 saturated heterocycles. The largest absolute Gasteiger partial charge is 0.325 e. The molecule has 5 nitrogen and oxygen atoms in total. The highest BCUT2D eigenvalue weighted by atomic mass is 79.9. The molecule has 3 aromatic rings. The van der Waals surface area contributed by atoms with E-state index in [1.54, 1.807) is 19.1 Å². The maximum Gasteiger partial charge on any atom is 0.271 e. The normalized spacial score (nSPS) is 11.3. The van der Waals surface area contributed by atoms with Crippen LogP contribution in [0.4, 0.5) is 5.69 Å². The second kappa shape index (κ2) is 8.60. The van der Waals surface area contributed by atoms with Crippen LogP contribution in [0.1, 0.15) is 23.7 Å². The van der Waals surface area contributed by atoms with Gasteiger partial charge in [-0.25, -0.2) is 5.43 Å². The Labute approximate surface area is 165 Å². The molecule has 0 fully saturated rings. The minimum Gasteiger partial charge on any atom is -0.325 e. The van der Waals surface area contributed by atoms with Crippen molar-refractivity contribution < 1.29 is 9.59 Å². The van der Waals surface area contributed by atoms with Gasteiger partial charge in [0.25, 0.3) is 5.91 Å². The van der Waals surface area contributed by atoms with E-state index in [1.807, 2.05) is 54.6 Å². The maximum absolute atomic E-state index is 12.5. The number of amides is 2. The summed E-state index contributed by atoms with van der Waals surface area (Å²) in [5.41, 5.74) is 4.27. The van der Waals surface area contributed by atoms with Gasteiger partial charge in [-0.15, -0.1) is 0 Å². The van der Waals surface area contributed by atoms with Crippen LogP contribution in [0.15, 0.2) is 76.3 Å². The van der Waals surface area contributed by atoms with Gasteiger partial charge in [0.1, 0.15) is 0 Å². The molecule has 0 radical (unpaired) electrons. The van der Waals surface area contributed by atoms with Crippen molar-refractivity contribution in [2.24, 2.45) is 5.10 Å². The van der Waals surface area contributed by atoms with Crippen molar-refractivity contribution in [3.8, 4) is 0 Å². The van der Waals surface area contributed by atoms with Gasteiger partial charge in [0, 0.05) is 15.7 Å². The lowest BCUT2D eigenvalue weighted by Crippen LogP contribution is -2.21. The zero-order valence-corrected chi connectivity index (χ0v) is 16.3. The molecule has 3 aromatic carbocycles. The van der Waals surface area contributed by atoms with E-state index in [4.69, 9.17) is 0 Å². The van der Waals surface area contributed by atoms with Crippen LogP contribution in [-0.2, 0) is 4.79 Å². The lowest BCUT2D eigenvalue weighted by molar-refractivity contribution is -0.115. The molecule has 6 heteroatoms. The molecule has 0 bridgehead atoms. The van der Waals surface area contributed by atoms with Crippen LogP contribution in [0.3, 0.4) is 0 Å². The van der Waals surface area contributed by atoms with Crippen LogP contribution < -0.4 is 10.7 Å². The van der Waals surface area contributed by atoms with E-state index in [0.717, 1.165) is 15.2 Å². The lowest BCUT2D eigenvalue weighted by atomic mass is 10.0. The predicted molar refractivity (Wildman–Crippen MR) is 112 cm³/mol. The van der Waals surface area contributed by atoms with E-state index in [2.05, 4.69) is 31.8 Å². The highest BCUT2D eigenvalue weighted by Crippen LogP contribution is 2.21. The number of halogens is 1. The number of rotatable bonds is 5. The first-order chi connectivity index (χ1) is 13.0. The number of para-hydroxylation sites is 1. The van der Waals surface area contributed by atoms with Gasteiger partial charge in [-0.3, -0.25) is 9.59 Å². The Morgan fingerprint density at radius 2 is 1.67 bits per heavy atom. The van der Waals surface area contributed by atoms with Crippen molar-refractivity contribution in [3.63, 3.8) is 0 Å². The Hall–Kier alpha value is -2.99. The summed E-state index contributed by atoms with van der Waals surface area (Å²) in [5.74, 6) is -0.514.